The molecule has 130 valence electrons. The van der Waals surface area contributed by atoms with Gasteiger partial charge in [0.05, 0.1) is 25.8 Å². The van der Waals surface area contributed by atoms with Crippen molar-refractivity contribution in [3.63, 3.8) is 0 Å². The number of nitrogens with zero attached hydrogens (tertiary/aromatic N) is 1. The average Bonchev–Trinajstić information content (AvgIpc) is 2.65. The lowest BCUT2D eigenvalue weighted by Gasteiger charge is -2.16. The highest BCUT2D eigenvalue weighted by molar-refractivity contribution is 5.91. The van der Waals surface area contributed by atoms with E-state index in [9.17, 15) is 5.11 Å². The van der Waals surface area contributed by atoms with Crippen LogP contribution < -0.4 is 14.8 Å². The highest BCUT2D eigenvalue weighted by atomic mass is 16.5. The number of aliphatic hydroxyl groups is 1. The van der Waals surface area contributed by atoms with Gasteiger partial charge in [0.15, 0.2) is 0 Å². The number of hydrogen-bond acceptors (Lipinski definition) is 5. The van der Waals surface area contributed by atoms with Gasteiger partial charge in [-0.05, 0) is 36.8 Å². The van der Waals surface area contributed by atoms with E-state index in [1.807, 2.05) is 49.4 Å². The molecule has 3 aromatic rings. The number of anilines is 1. The first-order chi connectivity index (χ1) is 12.1. The summed E-state index contributed by atoms with van der Waals surface area (Å²) in [5.41, 5.74) is 3.55. The zero-order valence-corrected chi connectivity index (χ0v) is 14.6. The number of hydrogen-bond donors (Lipinski definition) is 2. The Kier molecular flexibility index (Phi) is 5.05. The van der Waals surface area contributed by atoms with Crippen LogP contribution in [0.4, 0.5) is 5.69 Å². The van der Waals surface area contributed by atoms with Gasteiger partial charge in [-0.25, -0.2) is 0 Å². The molecule has 1 unspecified atom stereocenters. The monoisotopic (exact) mass is 338 g/mol. The molecule has 3 rings (SSSR count). The molecule has 2 N–H and O–H groups in total. The predicted molar refractivity (Wildman–Crippen MR) is 99.5 cm³/mol. The number of methoxy groups -OCH3 is 2. The quantitative estimate of drug-likeness (QED) is 0.717. The number of nitrogens with one attached hydrogen (secondary N) is 1. The minimum absolute atomic E-state index is 0.365. The van der Waals surface area contributed by atoms with Gasteiger partial charge < -0.3 is 19.9 Å². The van der Waals surface area contributed by atoms with Crippen LogP contribution in [0.2, 0.25) is 0 Å². The summed E-state index contributed by atoms with van der Waals surface area (Å²) < 4.78 is 10.5. The van der Waals surface area contributed by atoms with Crippen LogP contribution in [0.5, 0.6) is 11.5 Å². The fourth-order valence-electron chi connectivity index (χ4n) is 2.80. The highest BCUT2D eigenvalue weighted by Gasteiger charge is 2.12. The standard InChI is InChI=1S/C20H22N2O3/c1-13-8-19(17-6-4-5-7-18(17)22-13)21-12-20(23)14-9-15(24-2)11-16(10-14)25-3/h4-11,20,23H,12H2,1-3H3,(H,21,22). The first-order valence-electron chi connectivity index (χ1n) is 8.12. The number of aryl methyl sites for hydroxylation is 1. The molecule has 0 amide bonds. The number of benzene rings is 2. The number of fused-ring (bicyclic) bond motifs is 1. The second-order valence-corrected chi connectivity index (χ2v) is 5.87. The molecule has 0 bridgehead atoms. The molecular weight excluding hydrogens is 316 g/mol. The minimum Gasteiger partial charge on any atom is -0.497 e. The summed E-state index contributed by atoms with van der Waals surface area (Å²) in [6.07, 6.45) is -0.698. The summed E-state index contributed by atoms with van der Waals surface area (Å²) in [6, 6.07) is 15.3. The zero-order chi connectivity index (χ0) is 17.8. The van der Waals surface area contributed by atoms with Gasteiger partial charge >= 0.3 is 0 Å². The minimum atomic E-state index is -0.698. The molecule has 0 saturated heterocycles. The average molecular weight is 338 g/mol. The van der Waals surface area contributed by atoms with Crippen LogP contribution in [0, 0.1) is 6.92 Å². The van der Waals surface area contributed by atoms with Crippen molar-refractivity contribution in [2.45, 2.75) is 13.0 Å². The lowest BCUT2D eigenvalue weighted by atomic mass is 10.1. The molecule has 2 aromatic carbocycles. The molecule has 0 aliphatic rings. The van der Waals surface area contributed by atoms with Crippen LogP contribution in [0.25, 0.3) is 10.9 Å². The first-order valence-corrected chi connectivity index (χ1v) is 8.12. The SMILES string of the molecule is COc1cc(OC)cc(C(O)CNc2cc(C)nc3ccccc23)c1. The molecule has 0 spiro atoms. The predicted octanol–water partition coefficient (Wildman–Crippen LogP) is 3.71. The van der Waals surface area contributed by atoms with Crippen molar-refractivity contribution in [2.24, 2.45) is 0 Å². The fourth-order valence-corrected chi connectivity index (χ4v) is 2.80. The normalized spacial score (nSPS) is 12.0. The highest BCUT2D eigenvalue weighted by Crippen LogP contribution is 2.28. The molecule has 0 saturated carbocycles. The van der Waals surface area contributed by atoms with Gasteiger partial charge in [-0.1, -0.05) is 18.2 Å². The Balaban J connectivity index is 1.82. The second kappa shape index (κ2) is 7.40. The molecule has 0 fully saturated rings. The Bertz CT molecular complexity index is 858. The van der Waals surface area contributed by atoms with E-state index in [-0.39, 0.29) is 0 Å². The van der Waals surface area contributed by atoms with Crippen LogP contribution >= 0.6 is 0 Å². The molecule has 1 atom stereocenters. The maximum atomic E-state index is 10.6. The first kappa shape index (κ1) is 17.0. The second-order valence-electron chi connectivity index (χ2n) is 5.87. The van der Waals surface area contributed by atoms with Crippen molar-refractivity contribution in [3.05, 3.63) is 59.8 Å². The molecular formula is C20H22N2O3. The lowest BCUT2D eigenvalue weighted by Crippen LogP contribution is -2.13. The maximum absolute atomic E-state index is 10.6. The largest absolute Gasteiger partial charge is 0.497 e. The molecule has 5 heteroatoms. The Hall–Kier alpha value is -2.79. The number of para-hydroxylation sites is 1. The van der Waals surface area contributed by atoms with Gasteiger partial charge in [-0.15, -0.1) is 0 Å². The summed E-state index contributed by atoms with van der Waals surface area (Å²) in [7, 11) is 3.18. The van der Waals surface area contributed by atoms with Crippen molar-refractivity contribution in [3.8, 4) is 11.5 Å². The maximum Gasteiger partial charge on any atom is 0.122 e. The topological polar surface area (TPSA) is 63.6 Å². The van der Waals surface area contributed by atoms with Crippen LogP contribution in [0.1, 0.15) is 17.4 Å². The Morgan fingerprint density at radius 2 is 1.72 bits per heavy atom. The van der Waals surface area contributed by atoms with Crippen LogP contribution in [0.3, 0.4) is 0 Å². The number of aromatic nitrogens is 1. The summed E-state index contributed by atoms with van der Waals surface area (Å²) in [5, 5.41) is 14.9. The Morgan fingerprint density at radius 1 is 1.04 bits per heavy atom. The molecule has 25 heavy (non-hydrogen) atoms. The van der Waals surface area contributed by atoms with Crippen LogP contribution in [-0.4, -0.2) is 30.9 Å². The summed E-state index contributed by atoms with van der Waals surface area (Å²) >= 11 is 0. The van der Waals surface area contributed by atoms with Crippen LogP contribution in [-0.2, 0) is 0 Å². The number of rotatable bonds is 6. The lowest BCUT2D eigenvalue weighted by molar-refractivity contribution is 0.190. The van der Waals surface area contributed by atoms with Crippen molar-refractivity contribution >= 4 is 16.6 Å². The summed E-state index contributed by atoms with van der Waals surface area (Å²) in [4.78, 5) is 4.53. The third-order valence-electron chi connectivity index (χ3n) is 4.09. The van der Waals surface area contributed by atoms with Crippen molar-refractivity contribution in [1.29, 1.82) is 0 Å². The third-order valence-corrected chi connectivity index (χ3v) is 4.09. The van der Waals surface area contributed by atoms with Gasteiger partial charge in [0.1, 0.15) is 11.5 Å². The van der Waals surface area contributed by atoms with E-state index in [0.717, 1.165) is 27.8 Å². The van der Waals surface area contributed by atoms with Gasteiger partial charge in [0.2, 0.25) is 0 Å². The molecule has 0 aliphatic carbocycles. The number of aliphatic hydroxyl groups excluding tert-OH is 1. The summed E-state index contributed by atoms with van der Waals surface area (Å²) in [5.74, 6) is 1.30. The van der Waals surface area contributed by atoms with E-state index in [0.29, 0.717) is 18.0 Å². The smallest absolute Gasteiger partial charge is 0.122 e. The van der Waals surface area contributed by atoms with E-state index in [4.69, 9.17) is 9.47 Å². The van der Waals surface area contributed by atoms with Gasteiger partial charge in [0, 0.05) is 29.4 Å². The van der Waals surface area contributed by atoms with Crippen molar-refractivity contribution in [2.75, 3.05) is 26.1 Å². The van der Waals surface area contributed by atoms with E-state index >= 15 is 0 Å². The Labute approximate surface area is 147 Å². The molecule has 1 heterocycles. The summed E-state index contributed by atoms with van der Waals surface area (Å²) in [6.45, 7) is 2.32. The zero-order valence-electron chi connectivity index (χ0n) is 14.6. The van der Waals surface area contributed by atoms with E-state index in [2.05, 4.69) is 10.3 Å². The van der Waals surface area contributed by atoms with E-state index < -0.39 is 6.10 Å². The Morgan fingerprint density at radius 3 is 2.40 bits per heavy atom. The van der Waals surface area contributed by atoms with Crippen LogP contribution in [0.15, 0.2) is 48.5 Å². The van der Waals surface area contributed by atoms with E-state index in [1.54, 1.807) is 20.3 Å². The van der Waals surface area contributed by atoms with E-state index in [1.165, 1.54) is 0 Å². The molecule has 5 nitrogen and oxygen atoms in total. The molecule has 1 aromatic heterocycles. The van der Waals surface area contributed by atoms with Gasteiger partial charge in [-0.3, -0.25) is 4.98 Å². The van der Waals surface area contributed by atoms with Gasteiger partial charge in [-0.2, -0.15) is 0 Å². The fraction of sp³-hybridized carbons (Fsp3) is 0.250. The number of pyridine rings is 1. The molecule has 0 aliphatic heterocycles. The van der Waals surface area contributed by atoms with Crippen molar-refractivity contribution < 1.29 is 14.6 Å². The third kappa shape index (κ3) is 3.83. The molecule has 0 radical (unpaired) electrons. The van der Waals surface area contributed by atoms with Gasteiger partial charge in [0.25, 0.3) is 0 Å². The van der Waals surface area contributed by atoms with Crippen molar-refractivity contribution in [1.82, 2.24) is 4.98 Å². The number of ether oxygens (including phenoxy) is 2.